The second-order valence-electron chi connectivity index (χ2n) is 14.4. The standard InChI is InChI=1S/C52H30S2/c1-2-10-34-27-37(24-19-31(34)9-1)50-41-13-5-3-11-39(41)49(40-12-4-6-14-42(40)50)33-20-17-32(18-21-33)35-22-23-36-29-45-43-25-26-47-51(44-15-7-8-16-46(44)53-47)52(43)54-48(45)30-38(36)28-35/h1-30H. The summed E-state index contributed by atoms with van der Waals surface area (Å²) >= 11 is 3.83. The largest absolute Gasteiger partial charge is 0.135 e. The lowest BCUT2D eigenvalue weighted by Crippen LogP contribution is -1.91. The molecule has 12 aromatic rings. The minimum absolute atomic E-state index is 1.23. The van der Waals surface area contributed by atoms with Gasteiger partial charge in [-0.05, 0) is 113 Å². The maximum absolute atomic E-state index is 2.41. The van der Waals surface area contributed by atoms with Gasteiger partial charge in [-0.3, -0.25) is 0 Å². The maximum atomic E-state index is 2.41. The molecule has 2 aromatic heterocycles. The zero-order valence-electron chi connectivity index (χ0n) is 29.1. The normalized spacial score (nSPS) is 12.1. The van der Waals surface area contributed by atoms with Gasteiger partial charge in [-0.15, -0.1) is 22.7 Å². The summed E-state index contributed by atoms with van der Waals surface area (Å²) in [6, 6.07) is 67.8. The molecule has 0 unspecified atom stereocenters. The van der Waals surface area contributed by atoms with Crippen LogP contribution in [0.5, 0.6) is 0 Å². The first kappa shape index (κ1) is 30.2. The molecular formula is C52H30S2. The molecule has 12 rings (SSSR count). The van der Waals surface area contributed by atoms with E-state index in [4.69, 9.17) is 0 Å². The quantitative estimate of drug-likeness (QED) is 0.160. The molecule has 0 aliphatic rings. The van der Waals surface area contributed by atoms with Gasteiger partial charge in [0.1, 0.15) is 0 Å². The highest BCUT2D eigenvalue weighted by Crippen LogP contribution is 2.47. The van der Waals surface area contributed by atoms with Crippen LogP contribution in [0.3, 0.4) is 0 Å². The fraction of sp³-hybridized carbons (Fsp3) is 0. The Balaban J connectivity index is 0.976. The second kappa shape index (κ2) is 11.6. The molecule has 2 heteroatoms. The average Bonchev–Trinajstić information content (AvgIpc) is 3.79. The third-order valence-corrected chi connectivity index (χ3v) is 13.7. The van der Waals surface area contributed by atoms with E-state index in [9.17, 15) is 0 Å². The molecule has 0 saturated carbocycles. The lowest BCUT2D eigenvalue weighted by atomic mass is 9.85. The van der Waals surface area contributed by atoms with Crippen molar-refractivity contribution >= 4 is 106 Å². The minimum atomic E-state index is 1.23. The minimum Gasteiger partial charge on any atom is -0.135 e. The lowest BCUT2D eigenvalue weighted by molar-refractivity contribution is 1.63. The monoisotopic (exact) mass is 718 g/mol. The number of thiophene rings is 2. The van der Waals surface area contributed by atoms with Crippen molar-refractivity contribution < 1.29 is 0 Å². The molecule has 250 valence electrons. The van der Waals surface area contributed by atoms with Crippen molar-refractivity contribution in [3.63, 3.8) is 0 Å². The molecule has 54 heavy (non-hydrogen) atoms. The van der Waals surface area contributed by atoms with E-state index in [1.165, 1.54) is 117 Å². The van der Waals surface area contributed by atoms with E-state index in [0.29, 0.717) is 0 Å². The SMILES string of the molecule is c1ccc2cc(-c3c4ccccc4c(-c4ccc(-c5ccc6cc7c(cc6c5)sc5c7ccc6sc7ccccc7c65)cc4)c4ccccc34)ccc2c1. The van der Waals surface area contributed by atoms with Crippen molar-refractivity contribution in [2.75, 3.05) is 0 Å². The Morgan fingerprint density at radius 2 is 0.815 bits per heavy atom. The van der Waals surface area contributed by atoms with Gasteiger partial charge in [0.05, 0.1) is 0 Å². The van der Waals surface area contributed by atoms with Crippen LogP contribution in [0.2, 0.25) is 0 Å². The summed E-state index contributed by atoms with van der Waals surface area (Å²) in [5.41, 5.74) is 7.53. The van der Waals surface area contributed by atoms with Gasteiger partial charge in [0.15, 0.2) is 0 Å². The Hall–Kier alpha value is -6.32. The van der Waals surface area contributed by atoms with Crippen LogP contribution in [0.1, 0.15) is 0 Å². The van der Waals surface area contributed by atoms with Crippen LogP contribution >= 0.6 is 22.7 Å². The summed E-state index contributed by atoms with van der Waals surface area (Å²) < 4.78 is 5.47. The topological polar surface area (TPSA) is 0 Å². The molecular weight excluding hydrogens is 689 g/mol. The molecule has 0 atom stereocenters. The van der Waals surface area contributed by atoms with Crippen LogP contribution in [-0.2, 0) is 0 Å². The Bertz CT molecular complexity index is 3430. The highest BCUT2D eigenvalue weighted by atomic mass is 32.1. The van der Waals surface area contributed by atoms with E-state index in [-0.39, 0.29) is 0 Å². The van der Waals surface area contributed by atoms with Crippen molar-refractivity contribution in [2.45, 2.75) is 0 Å². The third kappa shape index (κ3) is 4.48. The van der Waals surface area contributed by atoms with E-state index in [0.717, 1.165) is 0 Å². The number of hydrogen-bond acceptors (Lipinski definition) is 2. The fourth-order valence-electron chi connectivity index (χ4n) is 8.89. The van der Waals surface area contributed by atoms with Crippen LogP contribution in [-0.4, -0.2) is 0 Å². The van der Waals surface area contributed by atoms with Crippen molar-refractivity contribution in [3.8, 4) is 33.4 Å². The summed E-state index contributed by atoms with van der Waals surface area (Å²) in [5.74, 6) is 0. The third-order valence-electron chi connectivity index (χ3n) is 11.4. The van der Waals surface area contributed by atoms with Gasteiger partial charge in [0, 0.05) is 40.3 Å². The van der Waals surface area contributed by atoms with Crippen molar-refractivity contribution in [2.24, 2.45) is 0 Å². The van der Waals surface area contributed by atoms with Crippen LogP contribution in [0.15, 0.2) is 182 Å². The van der Waals surface area contributed by atoms with E-state index in [1.54, 1.807) is 0 Å². The van der Waals surface area contributed by atoms with Crippen molar-refractivity contribution in [3.05, 3.63) is 182 Å². The van der Waals surface area contributed by atoms with Gasteiger partial charge in [0.25, 0.3) is 0 Å². The van der Waals surface area contributed by atoms with Gasteiger partial charge >= 0.3 is 0 Å². The molecule has 0 bridgehead atoms. The van der Waals surface area contributed by atoms with Gasteiger partial charge in [-0.1, -0.05) is 146 Å². The Labute approximate surface area is 319 Å². The molecule has 0 spiro atoms. The predicted octanol–water partition coefficient (Wildman–Crippen LogP) is 16.0. The van der Waals surface area contributed by atoms with E-state index < -0.39 is 0 Å². The molecule has 0 nitrogen and oxygen atoms in total. The lowest BCUT2D eigenvalue weighted by Gasteiger charge is -2.18. The summed E-state index contributed by atoms with van der Waals surface area (Å²) in [6.07, 6.45) is 0. The van der Waals surface area contributed by atoms with Crippen LogP contribution in [0, 0.1) is 0 Å². The predicted molar refractivity (Wildman–Crippen MR) is 239 cm³/mol. The first-order valence-electron chi connectivity index (χ1n) is 18.5. The second-order valence-corrected chi connectivity index (χ2v) is 16.5. The maximum Gasteiger partial charge on any atom is 0.0448 e. The number of fused-ring (bicyclic) bond motifs is 11. The molecule has 0 amide bonds. The Morgan fingerprint density at radius 1 is 0.259 bits per heavy atom. The van der Waals surface area contributed by atoms with Gasteiger partial charge in [-0.2, -0.15) is 0 Å². The van der Waals surface area contributed by atoms with Gasteiger partial charge in [-0.25, -0.2) is 0 Å². The van der Waals surface area contributed by atoms with Crippen molar-refractivity contribution in [1.29, 1.82) is 0 Å². The molecule has 0 N–H and O–H groups in total. The van der Waals surface area contributed by atoms with Crippen LogP contribution < -0.4 is 0 Å². The first-order chi connectivity index (χ1) is 26.7. The van der Waals surface area contributed by atoms with Gasteiger partial charge in [0.2, 0.25) is 0 Å². The van der Waals surface area contributed by atoms with Gasteiger partial charge < -0.3 is 0 Å². The summed E-state index contributed by atoms with van der Waals surface area (Å²) in [6.45, 7) is 0. The molecule has 0 radical (unpaired) electrons. The molecule has 0 fully saturated rings. The van der Waals surface area contributed by atoms with Crippen LogP contribution in [0.4, 0.5) is 0 Å². The Kier molecular flexibility index (Phi) is 6.48. The number of hydrogen-bond donors (Lipinski definition) is 0. The average molecular weight is 719 g/mol. The number of benzene rings is 10. The van der Waals surface area contributed by atoms with Crippen molar-refractivity contribution in [1.82, 2.24) is 0 Å². The molecule has 2 heterocycles. The zero-order chi connectivity index (χ0) is 35.3. The van der Waals surface area contributed by atoms with E-state index in [1.807, 2.05) is 22.7 Å². The molecule has 10 aromatic carbocycles. The number of rotatable bonds is 3. The molecule has 0 aliphatic carbocycles. The highest BCUT2D eigenvalue weighted by molar-refractivity contribution is 7.29. The van der Waals surface area contributed by atoms with E-state index in [2.05, 4.69) is 182 Å². The fourth-order valence-corrected chi connectivity index (χ4v) is 11.4. The van der Waals surface area contributed by atoms with Crippen LogP contribution in [0.25, 0.3) is 117 Å². The summed E-state index contributed by atoms with van der Waals surface area (Å²) in [7, 11) is 0. The summed E-state index contributed by atoms with van der Waals surface area (Å²) in [5, 5.41) is 15.7. The van der Waals surface area contributed by atoms with E-state index >= 15 is 0 Å². The zero-order valence-corrected chi connectivity index (χ0v) is 30.8. The first-order valence-corrected chi connectivity index (χ1v) is 20.1. The highest BCUT2D eigenvalue weighted by Gasteiger charge is 2.18. The summed E-state index contributed by atoms with van der Waals surface area (Å²) in [4.78, 5) is 0. The molecule has 0 saturated heterocycles. The smallest absolute Gasteiger partial charge is 0.0448 e. The Morgan fingerprint density at radius 3 is 1.57 bits per heavy atom. The molecule has 0 aliphatic heterocycles.